The van der Waals surface area contributed by atoms with Gasteiger partial charge in [-0.15, -0.1) is 11.6 Å². The van der Waals surface area contributed by atoms with Crippen LogP contribution < -0.4 is 0 Å². The molecule has 0 aliphatic carbocycles. The molecule has 0 fully saturated rings. The van der Waals surface area contributed by atoms with E-state index in [2.05, 4.69) is 4.98 Å². The van der Waals surface area contributed by atoms with Crippen molar-refractivity contribution >= 4 is 17.9 Å². The molecule has 0 saturated carbocycles. The molecule has 0 aliphatic rings. The van der Waals surface area contributed by atoms with Gasteiger partial charge < -0.3 is 0 Å². The Morgan fingerprint density at radius 1 is 1.67 bits per heavy atom. The molecule has 1 aromatic rings. The van der Waals surface area contributed by atoms with Gasteiger partial charge in [0.25, 0.3) is 6.43 Å². The summed E-state index contributed by atoms with van der Waals surface area (Å²) in [5.74, 6) is -0.268. The summed E-state index contributed by atoms with van der Waals surface area (Å²) in [6.07, 6.45) is -2.45. The first-order valence-electron chi connectivity index (χ1n) is 3.87. The molecule has 0 N–H and O–H groups in total. The lowest BCUT2D eigenvalue weighted by atomic mass is 10.1. The molecule has 0 spiro atoms. The van der Waals surface area contributed by atoms with E-state index in [1.165, 1.54) is 0 Å². The van der Waals surface area contributed by atoms with Gasteiger partial charge >= 0.3 is 0 Å². The first-order valence-corrected chi connectivity index (χ1v) is 4.40. The minimum Gasteiger partial charge on any atom is -0.296 e. The van der Waals surface area contributed by atoms with Gasteiger partial charge in [-0.1, -0.05) is 0 Å². The first-order chi connectivity index (χ1) is 7.13. The van der Waals surface area contributed by atoms with Crippen molar-refractivity contribution in [1.29, 1.82) is 5.26 Å². The number of rotatable bonds is 3. The highest BCUT2D eigenvalue weighted by molar-refractivity contribution is 6.17. The van der Waals surface area contributed by atoms with E-state index in [0.29, 0.717) is 6.29 Å². The summed E-state index contributed by atoms with van der Waals surface area (Å²) in [4.78, 5) is 14.0. The Bertz CT molecular complexity index is 429. The van der Waals surface area contributed by atoms with Crippen LogP contribution >= 0.6 is 11.6 Å². The maximum absolute atomic E-state index is 12.6. The van der Waals surface area contributed by atoms with Crippen molar-refractivity contribution in [2.45, 2.75) is 12.3 Å². The largest absolute Gasteiger partial charge is 0.296 e. The second-order valence-corrected chi connectivity index (χ2v) is 2.89. The number of aldehydes is 1. The second kappa shape index (κ2) is 4.80. The molecule has 1 rings (SSSR count). The van der Waals surface area contributed by atoms with Crippen LogP contribution in [-0.2, 0) is 5.88 Å². The fourth-order valence-electron chi connectivity index (χ4n) is 1.13. The number of halogens is 3. The molecule has 0 bridgehead atoms. The van der Waals surface area contributed by atoms with E-state index in [-0.39, 0.29) is 22.8 Å². The number of nitrogens with zero attached hydrogens (tertiary/aromatic N) is 2. The van der Waals surface area contributed by atoms with Gasteiger partial charge in [-0.05, 0) is 6.07 Å². The van der Waals surface area contributed by atoms with E-state index in [9.17, 15) is 13.6 Å². The van der Waals surface area contributed by atoms with Crippen LogP contribution in [0.15, 0.2) is 6.07 Å². The molecule has 1 aromatic heterocycles. The zero-order valence-electron chi connectivity index (χ0n) is 7.38. The normalized spacial score (nSPS) is 10.1. The molecule has 0 saturated heterocycles. The summed E-state index contributed by atoms with van der Waals surface area (Å²) in [6, 6.07) is 2.61. The molecule has 0 atom stereocenters. The molecule has 0 unspecified atom stereocenters. The third kappa shape index (κ3) is 2.28. The lowest BCUT2D eigenvalue weighted by molar-refractivity contribution is 0.111. The van der Waals surface area contributed by atoms with Gasteiger partial charge in [-0.25, -0.2) is 13.8 Å². The van der Waals surface area contributed by atoms with Crippen LogP contribution in [0.3, 0.4) is 0 Å². The Morgan fingerprint density at radius 2 is 2.33 bits per heavy atom. The number of carbonyl (C=O) groups excluding carboxylic acids is 1. The molecule has 0 aromatic carbocycles. The van der Waals surface area contributed by atoms with Gasteiger partial charge in [-0.2, -0.15) is 5.26 Å². The van der Waals surface area contributed by atoms with Crippen LogP contribution in [0.2, 0.25) is 0 Å². The van der Waals surface area contributed by atoms with Gasteiger partial charge in [0.05, 0.1) is 28.8 Å². The van der Waals surface area contributed by atoms with Gasteiger partial charge in [0.2, 0.25) is 0 Å². The highest BCUT2D eigenvalue weighted by Gasteiger charge is 2.19. The van der Waals surface area contributed by atoms with Crippen LogP contribution in [-0.4, -0.2) is 11.3 Å². The molecular weight excluding hydrogens is 226 g/mol. The third-order valence-corrected chi connectivity index (χ3v) is 2.00. The van der Waals surface area contributed by atoms with Crippen molar-refractivity contribution in [1.82, 2.24) is 4.98 Å². The topological polar surface area (TPSA) is 53.8 Å². The van der Waals surface area contributed by atoms with Crippen LogP contribution in [0.25, 0.3) is 0 Å². The van der Waals surface area contributed by atoms with Crippen LogP contribution in [0.1, 0.15) is 33.7 Å². The molecular formula is C9H5ClF2N2O. The van der Waals surface area contributed by atoms with E-state index < -0.39 is 12.0 Å². The average Bonchev–Trinajstić information content (AvgIpc) is 2.26. The van der Waals surface area contributed by atoms with E-state index >= 15 is 0 Å². The number of pyridine rings is 1. The summed E-state index contributed by atoms with van der Waals surface area (Å²) in [5.41, 5.74) is -0.977. The second-order valence-electron chi connectivity index (χ2n) is 2.62. The first kappa shape index (κ1) is 11.5. The Labute approximate surface area is 89.3 Å². The van der Waals surface area contributed by atoms with E-state index in [1.54, 1.807) is 6.07 Å². The molecule has 6 heteroatoms. The Balaban J connectivity index is 3.47. The standard InChI is InChI=1S/C9H5ClF2N2O/c10-2-7-8(9(11)12)5(3-13)1-6(4-15)14-7/h1,4,9H,2H2. The van der Waals surface area contributed by atoms with Gasteiger partial charge in [0, 0.05) is 0 Å². The fraction of sp³-hybridized carbons (Fsp3) is 0.222. The predicted molar refractivity (Wildman–Crippen MR) is 48.9 cm³/mol. The van der Waals surface area contributed by atoms with Crippen molar-refractivity contribution < 1.29 is 13.6 Å². The number of alkyl halides is 3. The summed E-state index contributed by atoms with van der Waals surface area (Å²) in [5, 5.41) is 8.64. The number of aromatic nitrogens is 1. The Kier molecular flexibility index (Phi) is 3.69. The van der Waals surface area contributed by atoms with Gasteiger partial charge in [-0.3, -0.25) is 4.79 Å². The molecule has 3 nitrogen and oxygen atoms in total. The van der Waals surface area contributed by atoms with Gasteiger partial charge in [0.15, 0.2) is 6.29 Å². The summed E-state index contributed by atoms with van der Waals surface area (Å²) in [6.45, 7) is 0. The quantitative estimate of drug-likeness (QED) is 0.592. The molecule has 0 radical (unpaired) electrons. The minimum atomic E-state index is -2.83. The monoisotopic (exact) mass is 230 g/mol. The Morgan fingerprint density at radius 3 is 2.73 bits per heavy atom. The maximum atomic E-state index is 12.6. The number of carbonyl (C=O) groups is 1. The highest BCUT2D eigenvalue weighted by atomic mass is 35.5. The van der Waals surface area contributed by atoms with Crippen LogP contribution in [0.4, 0.5) is 8.78 Å². The van der Waals surface area contributed by atoms with E-state index in [0.717, 1.165) is 6.07 Å². The van der Waals surface area contributed by atoms with E-state index in [1.807, 2.05) is 0 Å². The van der Waals surface area contributed by atoms with Crippen LogP contribution in [0, 0.1) is 11.3 Å². The average molecular weight is 231 g/mol. The van der Waals surface area contributed by atoms with Crippen LogP contribution in [0.5, 0.6) is 0 Å². The fourth-order valence-corrected chi connectivity index (χ4v) is 1.33. The van der Waals surface area contributed by atoms with E-state index in [4.69, 9.17) is 16.9 Å². The Hall–Kier alpha value is -1.54. The summed E-state index contributed by atoms with van der Waals surface area (Å²) >= 11 is 5.41. The zero-order valence-corrected chi connectivity index (χ0v) is 8.13. The predicted octanol–water partition coefficient (Wildman–Crippen LogP) is 2.44. The van der Waals surface area contributed by atoms with Crippen molar-refractivity contribution in [3.05, 3.63) is 28.6 Å². The zero-order chi connectivity index (χ0) is 11.4. The molecule has 78 valence electrons. The molecule has 15 heavy (non-hydrogen) atoms. The number of nitriles is 1. The lowest BCUT2D eigenvalue weighted by Crippen LogP contribution is -2.03. The highest BCUT2D eigenvalue weighted by Crippen LogP contribution is 2.26. The van der Waals surface area contributed by atoms with Crippen molar-refractivity contribution in [2.24, 2.45) is 0 Å². The maximum Gasteiger partial charge on any atom is 0.266 e. The smallest absolute Gasteiger partial charge is 0.266 e. The minimum absolute atomic E-state index is 0.0772. The number of hydrogen-bond acceptors (Lipinski definition) is 3. The van der Waals surface area contributed by atoms with Gasteiger partial charge in [0.1, 0.15) is 5.69 Å². The summed E-state index contributed by atoms with van der Waals surface area (Å²) in [7, 11) is 0. The number of hydrogen-bond donors (Lipinski definition) is 0. The molecule has 0 aliphatic heterocycles. The van der Waals surface area contributed by atoms with Crippen molar-refractivity contribution in [3.63, 3.8) is 0 Å². The third-order valence-electron chi connectivity index (χ3n) is 1.74. The summed E-state index contributed by atoms with van der Waals surface area (Å²) < 4.78 is 25.1. The molecule has 1 heterocycles. The van der Waals surface area contributed by atoms with Crippen molar-refractivity contribution in [2.75, 3.05) is 0 Å². The lowest BCUT2D eigenvalue weighted by Gasteiger charge is -2.07. The van der Waals surface area contributed by atoms with Crippen molar-refractivity contribution in [3.8, 4) is 6.07 Å². The molecule has 0 amide bonds. The SMILES string of the molecule is N#Cc1cc(C=O)nc(CCl)c1C(F)F.